The van der Waals surface area contributed by atoms with Crippen LogP contribution in [0.5, 0.6) is 0 Å². The Labute approximate surface area is 190 Å². The van der Waals surface area contributed by atoms with Crippen molar-refractivity contribution in [1.29, 1.82) is 0 Å². The maximum atomic E-state index is 5.05. The zero-order valence-corrected chi connectivity index (χ0v) is 18.8. The van der Waals surface area contributed by atoms with Crippen LogP contribution >= 0.6 is 0 Å². The highest BCUT2D eigenvalue weighted by Crippen LogP contribution is 2.44. The maximum Gasteiger partial charge on any atom is 0.0715 e. The van der Waals surface area contributed by atoms with Crippen molar-refractivity contribution >= 4 is 0 Å². The van der Waals surface area contributed by atoms with Crippen molar-refractivity contribution in [3.63, 3.8) is 0 Å². The van der Waals surface area contributed by atoms with E-state index in [0.717, 1.165) is 22.5 Å². The molecular weight excluding hydrogens is 386 g/mol. The van der Waals surface area contributed by atoms with E-state index < -0.39 is 0 Å². The first kappa shape index (κ1) is 20.2. The first-order valence-electron chi connectivity index (χ1n) is 11.2. The Morgan fingerprint density at radius 3 is 1.44 bits per heavy atom. The molecule has 1 aromatic heterocycles. The Bertz CT molecular complexity index is 1270. The second-order valence-corrected chi connectivity index (χ2v) is 9.32. The van der Waals surface area contributed by atoms with Crippen LogP contribution in [-0.4, -0.2) is 4.98 Å². The van der Waals surface area contributed by atoms with E-state index in [-0.39, 0.29) is 5.41 Å². The molecule has 2 aliphatic rings. The molecule has 0 bridgehead atoms. The van der Waals surface area contributed by atoms with Crippen molar-refractivity contribution in [2.75, 3.05) is 0 Å². The van der Waals surface area contributed by atoms with E-state index in [1.807, 2.05) is 12.1 Å². The van der Waals surface area contributed by atoms with Gasteiger partial charge in [0, 0.05) is 11.1 Å². The third-order valence-corrected chi connectivity index (χ3v) is 5.99. The van der Waals surface area contributed by atoms with E-state index in [1.54, 1.807) is 0 Å². The zero-order valence-electron chi connectivity index (χ0n) is 18.8. The Kier molecular flexibility index (Phi) is 5.11. The molecule has 156 valence electrons. The first-order valence-corrected chi connectivity index (χ1v) is 11.2. The molecule has 0 unspecified atom stereocenters. The Hall–Kier alpha value is -3.71. The second-order valence-electron chi connectivity index (χ2n) is 9.32. The first-order chi connectivity index (χ1) is 15.5. The van der Waals surface area contributed by atoms with Crippen molar-refractivity contribution in [1.82, 2.24) is 4.98 Å². The number of aromatic nitrogens is 1. The van der Waals surface area contributed by atoms with Crippen LogP contribution in [0.25, 0.3) is 44.8 Å². The van der Waals surface area contributed by atoms with Crippen LogP contribution in [0.3, 0.4) is 0 Å². The number of rotatable bonds is 3. The molecule has 0 radical (unpaired) electrons. The lowest BCUT2D eigenvalue weighted by molar-refractivity contribution is 0.594. The van der Waals surface area contributed by atoms with Gasteiger partial charge < -0.3 is 0 Å². The molecule has 3 aromatic rings. The van der Waals surface area contributed by atoms with Crippen molar-refractivity contribution in [2.24, 2.45) is 0 Å². The molecule has 2 aliphatic carbocycles. The summed E-state index contributed by atoms with van der Waals surface area (Å²) in [6.07, 6.45) is 0. The smallest absolute Gasteiger partial charge is 0.0715 e. The molecule has 1 nitrogen and oxygen atoms in total. The summed E-state index contributed by atoms with van der Waals surface area (Å²) < 4.78 is 0. The van der Waals surface area contributed by atoms with Gasteiger partial charge in [0.15, 0.2) is 0 Å². The lowest BCUT2D eigenvalue weighted by Gasteiger charge is -2.18. The van der Waals surface area contributed by atoms with Gasteiger partial charge in [-0.15, -0.1) is 0 Å². The Balaban J connectivity index is 1.78. The minimum Gasteiger partial charge on any atom is -0.248 e. The molecule has 0 amide bonds. The van der Waals surface area contributed by atoms with Crippen LogP contribution in [0.1, 0.15) is 26.3 Å². The number of benzene rings is 2. The third kappa shape index (κ3) is 3.83. The molecule has 0 saturated heterocycles. The fraction of sp³-hybridized carbons (Fsp3) is 0.129. The number of fused-ring (bicyclic) bond motifs is 1. The average Bonchev–Trinajstić information content (AvgIpc) is 3.02. The van der Waals surface area contributed by atoms with E-state index in [9.17, 15) is 0 Å². The largest absolute Gasteiger partial charge is 0.248 e. The van der Waals surface area contributed by atoms with Gasteiger partial charge in [0.05, 0.1) is 11.4 Å². The van der Waals surface area contributed by atoms with Gasteiger partial charge in [-0.05, 0) is 51.4 Å². The SMILES string of the molecule is CC(C)(C)c1cc(-c2cc(-c3ccccc3)nc(-c3ccccc3)c2)c2cccccc1-2. The zero-order chi connectivity index (χ0) is 22.1. The van der Waals surface area contributed by atoms with Gasteiger partial charge >= 0.3 is 0 Å². The van der Waals surface area contributed by atoms with E-state index in [4.69, 9.17) is 4.98 Å². The monoisotopic (exact) mass is 413 g/mol. The molecule has 1 heterocycles. The van der Waals surface area contributed by atoms with Crippen molar-refractivity contribution in [2.45, 2.75) is 26.2 Å². The maximum absolute atomic E-state index is 5.05. The molecule has 32 heavy (non-hydrogen) atoms. The number of hydrogen-bond donors (Lipinski definition) is 0. The quantitative estimate of drug-likeness (QED) is 0.289. The molecule has 0 atom stereocenters. The molecule has 0 fully saturated rings. The molecule has 5 rings (SSSR count). The van der Waals surface area contributed by atoms with E-state index in [1.165, 1.54) is 27.8 Å². The fourth-order valence-electron chi connectivity index (χ4n) is 4.38. The summed E-state index contributed by atoms with van der Waals surface area (Å²) in [4.78, 5) is 5.05. The summed E-state index contributed by atoms with van der Waals surface area (Å²) in [6, 6.07) is 38.6. The summed E-state index contributed by atoms with van der Waals surface area (Å²) in [5, 5.41) is 0. The molecule has 0 saturated carbocycles. The summed E-state index contributed by atoms with van der Waals surface area (Å²) >= 11 is 0. The normalized spacial score (nSPS) is 11.6. The van der Waals surface area contributed by atoms with Crippen molar-refractivity contribution in [3.8, 4) is 44.8 Å². The third-order valence-electron chi connectivity index (χ3n) is 5.99. The van der Waals surface area contributed by atoms with Crippen molar-refractivity contribution < 1.29 is 0 Å². The van der Waals surface area contributed by atoms with Gasteiger partial charge in [0.25, 0.3) is 0 Å². The number of nitrogens with zero attached hydrogens (tertiary/aromatic N) is 1. The highest BCUT2D eigenvalue weighted by Gasteiger charge is 2.24. The molecule has 0 spiro atoms. The lowest BCUT2D eigenvalue weighted by Crippen LogP contribution is -2.10. The van der Waals surface area contributed by atoms with Gasteiger partial charge in [-0.3, -0.25) is 0 Å². The van der Waals surface area contributed by atoms with Crippen LogP contribution < -0.4 is 0 Å². The van der Waals surface area contributed by atoms with Crippen LogP contribution in [0, 0.1) is 0 Å². The van der Waals surface area contributed by atoms with Crippen molar-refractivity contribution in [3.05, 3.63) is 115 Å². The van der Waals surface area contributed by atoms with Crippen LogP contribution in [0.4, 0.5) is 0 Å². The van der Waals surface area contributed by atoms with Crippen LogP contribution in [0.2, 0.25) is 0 Å². The lowest BCUT2D eigenvalue weighted by atomic mass is 9.86. The Morgan fingerprint density at radius 1 is 0.469 bits per heavy atom. The molecule has 0 N–H and O–H groups in total. The number of pyridine rings is 1. The van der Waals surface area contributed by atoms with Gasteiger partial charge in [-0.2, -0.15) is 0 Å². The molecule has 1 heteroatoms. The summed E-state index contributed by atoms with van der Waals surface area (Å²) in [7, 11) is 0. The minimum atomic E-state index is 0.0579. The van der Waals surface area contributed by atoms with E-state index in [2.05, 4.69) is 118 Å². The summed E-state index contributed by atoms with van der Waals surface area (Å²) in [5.41, 5.74) is 10.7. The van der Waals surface area contributed by atoms with E-state index >= 15 is 0 Å². The van der Waals surface area contributed by atoms with Gasteiger partial charge in [-0.1, -0.05) is 112 Å². The fourth-order valence-corrected chi connectivity index (χ4v) is 4.38. The summed E-state index contributed by atoms with van der Waals surface area (Å²) in [6.45, 7) is 6.86. The van der Waals surface area contributed by atoms with Gasteiger partial charge in [0.1, 0.15) is 0 Å². The predicted molar refractivity (Wildman–Crippen MR) is 136 cm³/mol. The summed E-state index contributed by atoms with van der Waals surface area (Å²) in [5.74, 6) is 0. The standard InChI is InChI=1S/C31H27N/c1-31(2,3)28-21-27(25-17-11-6-12-18-26(25)28)24-19-29(22-13-7-4-8-14-22)32-30(20-24)23-15-9-5-10-16-23/h4-21H,1-3H3. The average molecular weight is 414 g/mol. The number of hydrogen-bond acceptors (Lipinski definition) is 1. The second kappa shape index (κ2) is 8.09. The molecule has 0 aliphatic heterocycles. The molecule has 2 aromatic carbocycles. The molecular formula is C31H27N. The Morgan fingerprint density at radius 2 is 0.938 bits per heavy atom. The topological polar surface area (TPSA) is 12.9 Å². The van der Waals surface area contributed by atoms with Crippen LogP contribution in [-0.2, 0) is 5.41 Å². The predicted octanol–water partition coefficient (Wildman–Crippen LogP) is 8.48. The van der Waals surface area contributed by atoms with Crippen LogP contribution in [0.15, 0.2) is 109 Å². The minimum absolute atomic E-state index is 0.0579. The van der Waals surface area contributed by atoms with Gasteiger partial charge in [0.2, 0.25) is 0 Å². The van der Waals surface area contributed by atoms with E-state index in [0.29, 0.717) is 0 Å². The van der Waals surface area contributed by atoms with Gasteiger partial charge in [-0.25, -0.2) is 4.98 Å². The highest BCUT2D eigenvalue weighted by molar-refractivity contribution is 5.91. The highest BCUT2D eigenvalue weighted by atomic mass is 14.7.